The Labute approximate surface area is 112 Å². The number of aromatic nitrogens is 1. The highest BCUT2D eigenvalue weighted by atomic mass is 16.5. The molecule has 0 aromatic carbocycles. The van der Waals surface area contributed by atoms with Gasteiger partial charge in [0.15, 0.2) is 0 Å². The van der Waals surface area contributed by atoms with Crippen molar-refractivity contribution in [2.45, 2.75) is 25.7 Å². The van der Waals surface area contributed by atoms with Crippen molar-refractivity contribution in [3.05, 3.63) is 17.7 Å². The molecule has 0 unspecified atom stereocenters. The van der Waals surface area contributed by atoms with Crippen LogP contribution in [0.5, 0.6) is 0 Å². The Morgan fingerprint density at radius 1 is 1.32 bits per heavy atom. The van der Waals surface area contributed by atoms with Gasteiger partial charge in [-0.1, -0.05) is 0 Å². The zero-order valence-electron chi connectivity index (χ0n) is 11.2. The molecule has 5 nitrogen and oxygen atoms in total. The van der Waals surface area contributed by atoms with Crippen LogP contribution in [0, 0.1) is 5.41 Å². The van der Waals surface area contributed by atoms with E-state index < -0.39 is 0 Å². The van der Waals surface area contributed by atoms with Gasteiger partial charge >= 0.3 is 5.97 Å². The molecule has 2 aliphatic rings. The number of hydrogen-bond donors (Lipinski definition) is 1. The van der Waals surface area contributed by atoms with Crippen LogP contribution in [0.15, 0.2) is 12.1 Å². The van der Waals surface area contributed by atoms with E-state index in [1.807, 2.05) is 0 Å². The minimum atomic E-state index is -0.353. The van der Waals surface area contributed by atoms with Crippen LogP contribution in [0.25, 0.3) is 0 Å². The van der Waals surface area contributed by atoms with Crippen molar-refractivity contribution < 1.29 is 9.53 Å². The van der Waals surface area contributed by atoms with Crippen molar-refractivity contribution in [1.82, 2.24) is 4.98 Å². The smallest absolute Gasteiger partial charge is 0.341 e. The first-order chi connectivity index (χ1) is 9.13. The molecular weight excluding hydrogens is 242 g/mol. The molecule has 2 fully saturated rings. The first-order valence-corrected chi connectivity index (χ1v) is 6.73. The standard InChI is InChI=1S/C14H19N3O2/c1-19-13(18)10-2-3-11(15)16-12(10)17-8-6-14(4-5-14)7-9-17/h2-3H,4-9H2,1H3,(H2,15,16). The number of ether oxygens (including phenoxy) is 1. The first kappa shape index (κ1) is 12.3. The summed E-state index contributed by atoms with van der Waals surface area (Å²) in [6.07, 6.45) is 5.08. The van der Waals surface area contributed by atoms with E-state index in [9.17, 15) is 4.79 Å². The monoisotopic (exact) mass is 261 g/mol. The third-order valence-corrected chi connectivity index (χ3v) is 4.38. The number of carbonyl (C=O) groups excluding carboxylic acids is 1. The number of piperidine rings is 1. The molecule has 1 aliphatic heterocycles. The predicted molar refractivity (Wildman–Crippen MR) is 73.1 cm³/mol. The Morgan fingerprint density at radius 3 is 2.58 bits per heavy atom. The average Bonchev–Trinajstić information content (AvgIpc) is 3.18. The van der Waals surface area contributed by atoms with Gasteiger partial charge in [-0.05, 0) is 43.2 Å². The van der Waals surface area contributed by atoms with E-state index in [1.165, 1.54) is 32.8 Å². The van der Waals surface area contributed by atoms with Crippen molar-refractivity contribution in [2.75, 3.05) is 30.8 Å². The van der Waals surface area contributed by atoms with E-state index in [2.05, 4.69) is 9.88 Å². The third kappa shape index (κ3) is 2.25. The first-order valence-electron chi connectivity index (χ1n) is 6.73. The summed E-state index contributed by atoms with van der Waals surface area (Å²) in [7, 11) is 1.39. The number of esters is 1. The summed E-state index contributed by atoms with van der Waals surface area (Å²) < 4.78 is 4.81. The molecule has 1 aliphatic carbocycles. The Morgan fingerprint density at radius 2 is 2.00 bits per heavy atom. The fourth-order valence-corrected chi connectivity index (χ4v) is 2.84. The number of rotatable bonds is 2. The molecule has 2 heterocycles. The largest absolute Gasteiger partial charge is 0.465 e. The molecular formula is C14H19N3O2. The number of hydrogen-bond acceptors (Lipinski definition) is 5. The van der Waals surface area contributed by atoms with Crippen LogP contribution in [0.1, 0.15) is 36.0 Å². The van der Waals surface area contributed by atoms with E-state index in [0.29, 0.717) is 22.6 Å². The highest BCUT2D eigenvalue weighted by Gasteiger charge is 2.44. The molecule has 19 heavy (non-hydrogen) atoms. The molecule has 3 rings (SSSR count). The molecule has 0 amide bonds. The van der Waals surface area contributed by atoms with Crippen LogP contribution in [0.2, 0.25) is 0 Å². The zero-order valence-corrected chi connectivity index (χ0v) is 11.2. The summed E-state index contributed by atoms with van der Waals surface area (Å²) in [6.45, 7) is 1.89. The quantitative estimate of drug-likeness (QED) is 0.823. The molecule has 0 bridgehead atoms. The van der Waals surface area contributed by atoms with Crippen LogP contribution in [0.4, 0.5) is 11.6 Å². The molecule has 1 saturated heterocycles. The van der Waals surface area contributed by atoms with E-state index in [1.54, 1.807) is 12.1 Å². The summed E-state index contributed by atoms with van der Waals surface area (Å²) in [5.41, 5.74) is 6.85. The summed E-state index contributed by atoms with van der Waals surface area (Å²) >= 11 is 0. The van der Waals surface area contributed by atoms with Crippen LogP contribution in [-0.2, 0) is 4.74 Å². The number of nitrogens with zero attached hydrogens (tertiary/aromatic N) is 2. The van der Waals surface area contributed by atoms with Gasteiger partial charge in [-0.2, -0.15) is 0 Å². The molecule has 0 atom stereocenters. The number of nitrogens with two attached hydrogens (primary N) is 1. The molecule has 1 aromatic heterocycles. The maximum Gasteiger partial charge on any atom is 0.341 e. The van der Waals surface area contributed by atoms with Crippen LogP contribution in [0.3, 0.4) is 0 Å². The zero-order chi connectivity index (χ0) is 13.5. The third-order valence-electron chi connectivity index (χ3n) is 4.38. The Kier molecular flexibility index (Phi) is 2.84. The van der Waals surface area contributed by atoms with Gasteiger partial charge in [-0.3, -0.25) is 0 Å². The van der Waals surface area contributed by atoms with Gasteiger partial charge in [0, 0.05) is 13.1 Å². The molecule has 1 saturated carbocycles. The van der Waals surface area contributed by atoms with Gasteiger partial charge in [0.05, 0.1) is 7.11 Å². The molecule has 1 aromatic rings. The van der Waals surface area contributed by atoms with Crippen LogP contribution < -0.4 is 10.6 Å². The van der Waals surface area contributed by atoms with Crippen molar-refractivity contribution in [1.29, 1.82) is 0 Å². The molecule has 102 valence electrons. The molecule has 2 N–H and O–H groups in total. The van der Waals surface area contributed by atoms with Crippen LogP contribution >= 0.6 is 0 Å². The minimum absolute atomic E-state index is 0.353. The molecule has 1 spiro atoms. The van der Waals surface area contributed by atoms with Gasteiger partial charge in [0.2, 0.25) is 0 Å². The lowest BCUT2D eigenvalue weighted by atomic mass is 9.93. The van der Waals surface area contributed by atoms with Crippen molar-refractivity contribution in [2.24, 2.45) is 5.41 Å². The Balaban J connectivity index is 1.86. The molecule has 0 radical (unpaired) electrons. The average molecular weight is 261 g/mol. The Hall–Kier alpha value is -1.78. The second kappa shape index (κ2) is 4.40. The normalized spacial score (nSPS) is 20.4. The van der Waals surface area contributed by atoms with Gasteiger partial charge in [0.25, 0.3) is 0 Å². The van der Waals surface area contributed by atoms with Crippen molar-refractivity contribution in [3.63, 3.8) is 0 Å². The van der Waals surface area contributed by atoms with E-state index in [-0.39, 0.29) is 5.97 Å². The number of anilines is 2. The topological polar surface area (TPSA) is 68.5 Å². The highest BCUT2D eigenvalue weighted by molar-refractivity contribution is 5.95. The summed E-state index contributed by atoms with van der Waals surface area (Å²) in [4.78, 5) is 18.3. The van der Waals surface area contributed by atoms with Crippen molar-refractivity contribution >= 4 is 17.6 Å². The second-order valence-electron chi connectivity index (χ2n) is 5.59. The number of nitrogen functional groups attached to an aromatic ring is 1. The van der Waals surface area contributed by atoms with Gasteiger partial charge < -0.3 is 15.4 Å². The van der Waals surface area contributed by atoms with E-state index >= 15 is 0 Å². The van der Waals surface area contributed by atoms with Crippen LogP contribution in [-0.4, -0.2) is 31.2 Å². The van der Waals surface area contributed by atoms with E-state index in [0.717, 1.165) is 13.1 Å². The number of pyridine rings is 1. The maximum absolute atomic E-state index is 11.8. The fourth-order valence-electron chi connectivity index (χ4n) is 2.84. The molecule has 5 heteroatoms. The highest BCUT2D eigenvalue weighted by Crippen LogP contribution is 2.53. The lowest BCUT2D eigenvalue weighted by molar-refractivity contribution is 0.0601. The summed E-state index contributed by atoms with van der Waals surface area (Å²) in [5.74, 6) is 0.755. The van der Waals surface area contributed by atoms with E-state index in [4.69, 9.17) is 10.5 Å². The second-order valence-corrected chi connectivity index (χ2v) is 5.59. The summed E-state index contributed by atoms with van der Waals surface area (Å²) in [6, 6.07) is 3.34. The van der Waals surface area contributed by atoms with Gasteiger partial charge in [0.1, 0.15) is 17.2 Å². The lowest BCUT2D eigenvalue weighted by Crippen LogP contribution is -2.36. The maximum atomic E-state index is 11.8. The Bertz CT molecular complexity index is 501. The lowest BCUT2D eigenvalue weighted by Gasteiger charge is -2.33. The van der Waals surface area contributed by atoms with Crippen molar-refractivity contribution in [3.8, 4) is 0 Å². The fraction of sp³-hybridized carbons (Fsp3) is 0.571. The SMILES string of the molecule is COC(=O)c1ccc(N)nc1N1CCC2(CC1)CC2. The predicted octanol–water partition coefficient (Wildman–Crippen LogP) is 1.83. The van der Waals surface area contributed by atoms with Gasteiger partial charge in [-0.15, -0.1) is 0 Å². The van der Waals surface area contributed by atoms with Gasteiger partial charge in [-0.25, -0.2) is 9.78 Å². The summed E-state index contributed by atoms with van der Waals surface area (Å²) in [5, 5.41) is 0. The number of methoxy groups -OCH3 is 1. The number of carbonyl (C=O) groups is 1. The minimum Gasteiger partial charge on any atom is -0.465 e.